The average Bonchev–Trinajstić information content (AvgIpc) is 2.64. The summed E-state index contributed by atoms with van der Waals surface area (Å²) < 4.78 is 41.1. The summed E-state index contributed by atoms with van der Waals surface area (Å²) >= 11 is 2.97. The fraction of sp³-hybridized carbons (Fsp3) is 0.100. The molecule has 4 nitrogen and oxygen atoms in total. The second-order valence-corrected chi connectivity index (χ2v) is 4.12. The molecule has 0 saturated carbocycles. The molecule has 0 saturated heterocycles. The average molecular weight is 324 g/mol. The fourth-order valence-corrected chi connectivity index (χ4v) is 2.08. The molecule has 8 heteroatoms. The molecule has 0 aliphatic heterocycles. The van der Waals surface area contributed by atoms with Crippen molar-refractivity contribution in [3.8, 4) is 5.75 Å². The Morgan fingerprint density at radius 1 is 1.33 bits per heavy atom. The van der Waals surface area contributed by atoms with Crippen LogP contribution in [0.4, 0.5) is 18.0 Å². The molecule has 2 rings (SSSR count). The third-order valence-electron chi connectivity index (χ3n) is 2.20. The summed E-state index contributed by atoms with van der Waals surface area (Å²) in [7, 11) is 0. The molecule has 0 aliphatic carbocycles. The molecule has 1 aromatic heterocycles. The van der Waals surface area contributed by atoms with Gasteiger partial charge in [-0.15, -0.1) is 13.2 Å². The number of aromatic nitrogens is 1. The van der Waals surface area contributed by atoms with Crippen molar-refractivity contribution in [3.05, 3.63) is 28.9 Å². The lowest BCUT2D eigenvalue weighted by atomic mass is 10.2. The van der Waals surface area contributed by atoms with Crippen molar-refractivity contribution in [1.29, 1.82) is 0 Å². The van der Waals surface area contributed by atoms with Crippen LogP contribution in [0.5, 0.6) is 5.75 Å². The van der Waals surface area contributed by atoms with Crippen LogP contribution in [-0.4, -0.2) is 22.1 Å². The van der Waals surface area contributed by atoms with Crippen LogP contribution in [0.1, 0.15) is 0 Å². The number of carboxylic acid groups (broad SMARTS) is 1. The molecule has 0 atom stereocenters. The van der Waals surface area contributed by atoms with Gasteiger partial charge in [0.2, 0.25) is 0 Å². The molecule has 18 heavy (non-hydrogen) atoms. The fourth-order valence-electron chi connectivity index (χ4n) is 1.53. The van der Waals surface area contributed by atoms with Gasteiger partial charge in [-0.3, -0.25) is 4.57 Å². The molecule has 0 fully saturated rings. The van der Waals surface area contributed by atoms with Gasteiger partial charge >= 0.3 is 12.5 Å². The third-order valence-corrected chi connectivity index (χ3v) is 3.02. The van der Waals surface area contributed by atoms with Gasteiger partial charge in [0.05, 0.1) is 9.99 Å². The third kappa shape index (κ3) is 2.28. The molecule has 1 heterocycles. The lowest BCUT2D eigenvalue weighted by Crippen LogP contribution is -2.17. The van der Waals surface area contributed by atoms with Crippen LogP contribution < -0.4 is 4.74 Å². The zero-order chi connectivity index (χ0) is 13.5. The summed E-state index contributed by atoms with van der Waals surface area (Å²) in [6.07, 6.45) is -4.78. The molecular formula is C10H5BrF3NO3. The Kier molecular flexibility index (Phi) is 2.97. The summed E-state index contributed by atoms with van der Waals surface area (Å²) in [6, 6.07) is 3.69. The number of benzene rings is 1. The minimum absolute atomic E-state index is 0.0531. The number of rotatable bonds is 1. The molecule has 0 spiro atoms. The zero-order valence-electron chi connectivity index (χ0n) is 8.53. The highest BCUT2D eigenvalue weighted by molar-refractivity contribution is 9.10. The highest BCUT2D eigenvalue weighted by Crippen LogP contribution is 2.36. The van der Waals surface area contributed by atoms with Crippen LogP contribution in [0.15, 0.2) is 28.9 Å². The van der Waals surface area contributed by atoms with Crippen LogP contribution in [0.2, 0.25) is 0 Å². The Morgan fingerprint density at radius 2 is 2.00 bits per heavy atom. The SMILES string of the molecule is O=C(O)n1ccc2c(Br)c(OC(F)(F)F)ccc21. The minimum Gasteiger partial charge on any atom is -0.464 e. The number of hydrogen-bond acceptors (Lipinski definition) is 2. The van der Waals surface area contributed by atoms with E-state index in [0.29, 0.717) is 5.39 Å². The topological polar surface area (TPSA) is 51.5 Å². The van der Waals surface area contributed by atoms with Gasteiger partial charge in [0.15, 0.2) is 0 Å². The van der Waals surface area contributed by atoms with Gasteiger partial charge in [-0.05, 0) is 34.1 Å². The monoisotopic (exact) mass is 323 g/mol. The van der Waals surface area contributed by atoms with E-state index in [1.165, 1.54) is 18.3 Å². The second kappa shape index (κ2) is 4.20. The largest absolute Gasteiger partial charge is 0.573 e. The summed E-state index contributed by atoms with van der Waals surface area (Å²) in [5.74, 6) is -0.418. The molecule has 1 N–H and O–H groups in total. The zero-order valence-corrected chi connectivity index (χ0v) is 10.1. The summed E-state index contributed by atoms with van der Waals surface area (Å²) in [5, 5.41) is 9.17. The number of hydrogen-bond donors (Lipinski definition) is 1. The van der Waals surface area contributed by atoms with Crippen LogP contribution in [0.3, 0.4) is 0 Å². The van der Waals surface area contributed by atoms with E-state index in [0.717, 1.165) is 10.6 Å². The Hall–Kier alpha value is -1.70. The summed E-state index contributed by atoms with van der Waals surface area (Å²) in [4.78, 5) is 10.8. The van der Waals surface area contributed by atoms with Crippen molar-refractivity contribution in [3.63, 3.8) is 0 Å². The highest BCUT2D eigenvalue weighted by atomic mass is 79.9. The Labute approximate surface area is 107 Å². The Bertz CT molecular complexity index is 621. The predicted molar refractivity (Wildman–Crippen MR) is 59.7 cm³/mol. The van der Waals surface area contributed by atoms with Crippen LogP contribution in [0, 0.1) is 0 Å². The molecule has 0 bridgehead atoms. The van der Waals surface area contributed by atoms with Crippen molar-refractivity contribution in [2.24, 2.45) is 0 Å². The lowest BCUT2D eigenvalue weighted by molar-refractivity contribution is -0.274. The van der Waals surface area contributed by atoms with Crippen molar-refractivity contribution >= 4 is 32.9 Å². The molecule has 0 aliphatic rings. The molecular weight excluding hydrogens is 319 g/mol. The van der Waals surface area contributed by atoms with Gasteiger partial charge in [-0.2, -0.15) is 0 Å². The van der Waals surface area contributed by atoms with Crippen molar-refractivity contribution in [2.45, 2.75) is 6.36 Å². The molecule has 2 aromatic rings. The van der Waals surface area contributed by atoms with Gasteiger partial charge in [0, 0.05) is 11.6 Å². The Balaban J connectivity index is 2.56. The predicted octanol–water partition coefficient (Wildman–Crippen LogP) is 3.83. The van der Waals surface area contributed by atoms with Gasteiger partial charge in [0.1, 0.15) is 5.75 Å². The van der Waals surface area contributed by atoms with E-state index in [9.17, 15) is 18.0 Å². The number of halogens is 4. The van der Waals surface area contributed by atoms with Gasteiger partial charge < -0.3 is 9.84 Å². The van der Waals surface area contributed by atoms with E-state index in [1.807, 2.05) is 0 Å². The molecule has 96 valence electrons. The maximum absolute atomic E-state index is 12.1. The minimum atomic E-state index is -4.80. The van der Waals surface area contributed by atoms with E-state index in [-0.39, 0.29) is 9.99 Å². The number of fused-ring (bicyclic) bond motifs is 1. The molecule has 0 radical (unpaired) electrons. The van der Waals surface area contributed by atoms with E-state index in [1.54, 1.807) is 0 Å². The standard InChI is InChI=1S/C10H5BrF3NO3/c11-8-5-3-4-15(9(16)17)6(5)1-2-7(8)18-10(12,13)14/h1-4H,(H,16,17). The number of ether oxygens (including phenoxy) is 1. The quantitative estimate of drug-likeness (QED) is 0.867. The van der Waals surface area contributed by atoms with Gasteiger partial charge in [-0.25, -0.2) is 4.79 Å². The van der Waals surface area contributed by atoms with Crippen LogP contribution >= 0.6 is 15.9 Å². The highest BCUT2D eigenvalue weighted by Gasteiger charge is 2.32. The lowest BCUT2D eigenvalue weighted by Gasteiger charge is -2.11. The van der Waals surface area contributed by atoms with Crippen molar-refractivity contribution in [2.75, 3.05) is 0 Å². The first-order valence-electron chi connectivity index (χ1n) is 4.58. The summed E-state index contributed by atoms with van der Waals surface area (Å²) in [5.41, 5.74) is 0.267. The van der Waals surface area contributed by atoms with E-state index >= 15 is 0 Å². The van der Waals surface area contributed by atoms with E-state index in [2.05, 4.69) is 20.7 Å². The second-order valence-electron chi connectivity index (χ2n) is 3.33. The normalized spacial score (nSPS) is 11.8. The van der Waals surface area contributed by atoms with E-state index < -0.39 is 18.2 Å². The van der Waals surface area contributed by atoms with Crippen molar-refractivity contribution < 1.29 is 27.8 Å². The van der Waals surface area contributed by atoms with Crippen molar-refractivity contribution in [1.82, 2.24) is 4.57 Å². The maximum atomic E-state index is 12.1. The van der Waals surface area contributed by atoms with Crippen LogP contribution in [0.25, 0.3) is 10.9 Å². The number of nitrogens with zero attached hydrogens (tertiary/aromatic N) is 1. The van der Waals surface area contributed by atoms with E-state index in [4.69, 9.17) is 5.11 Å². The first kappa shape index (κ1) is 12.7. The first-order valence-corrected chi connectivity index (χ1v) is 5.37. The molecule has 0 unspecified atom stereocenters. The molecule has 1 aromatic carbocycles. The molecule has 0 amide bonds. The van der Waals surface area contributed by atoms with Gasteiger partial charge in [0.25, 0.3) is 0 Å². The number of alkyl halides is 3. The van der Waals surface area contributed by atoms with Crippen LogP contribution in [-0.2, 0) is 0 Å². The number of carbonyl (C=O) groups is 1. The smallest absolute Gasteiger partial charge is 0.464 e. The maximum Gasteiger partial charge on any atom is 0.573 e. The summed E-state index contributed by atoms with van der Waals surface area (Å²) in [6.45, 7) is 0. The van der Waals surface area contributed by atoms with Gasteiger partial charge in [-0.1, -0.05) is 0 Å². The Morgan fingerprint density at radius 3 is 2.56 bits per heavy atom. The first-order chi connectivity index (χ1) is 8.29.